The summed E-state index contributed by atoms with van der Waals surface area (Å²) < 4.78 is 8.57. The van der Waals surface area contributed by atoms with Crippen LogP contribution in [0.3, 0.4) is 0 Å². The average Bonchev–Trinajstić information content (AvgIpc) is 3.20. The minimum Gasteiger partial charge on any atom is -0.489 e. The average molecular weight is 462 g/mol. The molecule has 0 saturated heterocycles. The fraction of sp³-hybridized carbons (Fsp3) is 0.0833. The van der Waals surface area contributed by atoms with Crippen molar-refractivity contribution in [3.05, 3.63) is 112 Å². The monoisotopic (exact) mass is 461 g/mol. The molecule has 0 fully saturated rings. The number of benzene rings is 3. The van der Waals surface area contributed by atoms with Crippen molar-refractivity contribution >= 4 is 27.5 Å². The Labute approximate surface area is 183 Å². The number of ether oxygens (including phenoxy) is 1. The Kier molecular flexibility index (Phi) is 6.25. The summed E-state index contributed by atoms with van der Waals surface area (Å²) in [5.41, 5.74) is 3.30. The molecule has 6 heteroatoms. The van der Waals surface area contributed by atoms with E-state index >= 15 is 0 Å². The van der Waals surface area contributed by atoms with Crippen molar-refractivity contribution < 1.29 is 9.53 Å². The first-order valence-corrected chi connectivity index (χ1v) is 10.3. The largest absolute Gasteiger partial charge is 0.489 e. The second-order valence-electron chi connectivity index (χ2n) is 6.81. The normalized spacial score (nSPS) is 10.6. The fourth-order valence-corrected chi connectivity index (χ4v) is 3.39. The molecule has 0 spiro atoms. The van der Waals surface area contributed by atoms with Crippen LogP contribution < -0.4 is 10.1 Å². The first kappa shape index (κ1) is 19.9. The minimum atomic E-state index is -0.182. The number of halogens is 1. The first-order chi connectivity index (χ1) is 14.7. The van der Waals surface area contributed by atoms with Crippen LogP contribution in [0.5, 0.6) is 5.75 Å². The highest BCUT2D eigenvalue weighted by atomic mass is 79.9. The third-order valence-corrected chi connectivity index (χ3v) is 4.96. The van der Waals surface area contributed by atoms with Crippen molar-refractivity contribution in [1.29, 1.82) is 0 Å². The summed E-state index contributed by atoms with van der Waals surface area (Å²) in [5, 5.41) is 7.23. The second kappa shape index (κ2) is 9.41. The quantitative estimate of drug-likeness (QED) is 0.393. The van der Waals surface area contributed by atoms with Crippen molar-refractivity contribution in [2.75, 3.05) is 5.32 Å². The maximum absolute atomic E-state index is 12.7. The Morgan fingerprint density at radius 3 is 2.60 bits per heavy atom. The molecule has 0 radical (unpaired) electrons. The number of rotatable bonds is 7. The summed E-state index contributed by atoms with van der Waals surface area (Å²) in [6, 6.07) is 25.1. The van der Waals surface area contributed by atoms with Gasteiger partial charge in [0.25, 0.3) is 5.91 Å². The lowest BCUT2D eigenvalue weighted by atomic mass is 10.1. The Morgan fingerprint density at radius 2 is 1.77 bits per heavy atom. The summed E-state index contributed by atoms with van der Waals surface area (Å²) in [7, 11) is 0. The highest BCUT2D eigenvalue weighted by Crippen LogP contribution is 2.19. The van der Waals surface area contributed by atoms with Crippen molar-refractivity contribution in [2.45, 2.75) is 13.2 Å². The number of hydrogen-bond donors (Lipinski definition) is 1. The van der Waals surface area contributed by atoms with E-state index in [0.717, 1.165) is 21.3 Å². The molecule has 0 aliphatic heterocycles. The Morgan fingerprint density at radius 1 is 0.967 bits per heavy atom. The smallest absolute Gasteiger partial charge is 0.255 e. The molecule has 4 aromatic rings. The van der Waals surface area contributed by atoms with Gasteiger partial charge in [0.15, 0.2) is 0 Å². The molecule has 0 atom stereocenters. The molecule has 1 N–H and O–H groups in total. The van der Waals surface area contributed by atoms with Crippen LogP contribution in [0, 0.1) is 0 Å². The highest BCUT2D eigenvalue weighted by Gasteiger charge is 2.09. The molecule has 0 bridgehead atoms. The van der Waals surface area contributed by atoms with Crippen molar-refractivity contribution in [3.8, 4) is 5.75 Å². The van der Waals surface area contributed by atoms with Crippen molar-refractivity contribution in [2.24, 2.45) is 0 Å². The van der Waals surface area contributed by atoms with E-state index in [4.69, 9.17) is 4.74 Å². The van der Waals surface area contributed by atoms with Crippen LogP contribution in [0.1, 0.15) is 21.5 Å². The first-order valence-electron chi connectivity index (χ1n) is 9.51. The molecule has 1 aromatic heterocycles. The van der Waals surface area contributed by atoms with Gasteiger partial charge in [-0.2, -0.15) is 5.10 Å². The van der Waals surface area contributed by atoms with E-state index in [1.54, 1.807) is 16.9 Å². The van der Waals surface area contributed by atoms with Gasteiger partial charge in [-0.25, -0.2) is 0 Å². The Bertz CT molecular complexity index is 1140. The molecule has 0 unspecified atom stereocenters. The van der Waals surface area contributed by atoms with E-state index in [0.29, 0.717) is 24.4 Å². The van der Waals surface area contributed by atoms with Gasteiger partial charge in [0.1, 0.15) is 12.4 Å². The molecule has 0 aliphatic carbocycles. The van der Waals surface area contributed by atoms with E-state index < -0.39 is 0 Å². The number of carbonyl (C=O) groups is 1. The van der Waals surface area contributed by atoms with E-state index in [2.05, 4.69) is 26.3 Å². The lowest BCUT2D eigenvalue weighted by molar-refractivity contribution is 0.102. The van der Waals surface area contributed by atoms with E-state index in [1.165, 1.54) is 0 Å². The molecular formula is C24H20BrN3O2. The number of aromatic nitrogens is 2. The Balaban J connectivity index is 1.37. The van der Waals surface area contributed by atoms with Crippen LogP contribution in [-0.4, -0.2) is 15.7 Å². The van der Waals surface area contributed by atoms with Crippen molar-refractivity contribution in [3.63, 3.8) is 0 Å². The Hall–Kier alpha value is -3.38. The maximum atomic E-state index is 12.7. The van der Waals surface area contributed by atoms with Gasteiger partial charge in [-0.3, -0.25) is 9.48 Å². The van der Waals surface area contributed by atoms with E-state index in [9.17, 15) is 4.79 Å². The molecule has 1 heterocycles. The van der Waals surface area contributed by atoms with E-state index in [-0.39, 0.29) is 5.91 Å². The standard InChI is InChI=1S/C24H20BrN3O2/c25-21-10-5-11-23(13-21)30-17-19-8-4-9-20(12-19)24(29)27-22-14-26-28(16-22)15-18-6-2-1-3-7-18/h1-14,16H,15,17H2,(H,27,29). The van der Waals surface area contributed by atoms with Crippen LogP contribution >= 0.6 is 15.9 Å². The van der Waals surface area contributed by atoms with Crippen LogP contribution in [0.4, 0.5) is 5.69 Å². The van der Waals surface area contributed by atoms with Gasteiger partial charge in [0.05, 0.1) is 18.4 Å². The summed E-state index contributed by atoms with van der Waals surface area (Å²) in [5.74, 6) is 0.587. The fourth-order valence-electron chi connectivity index (χ4n) is 3.01. The van der Waals surface area contributed by atoms with Crippen LogP contribution in [-0.2, 0) is 13.2 Å². The molecule has 0 aliphatic rings. The van der Waals surface area contributed by atoms with Crippen molar-refractivity contribution in [1.82, 2.24) is 9.78 Å². The molecule has 30 heavy (non-hydrogen) atoms. The molecule has 3 aromatic carbocycles. The number of carbonyl (C=O) groups excluding carboxylic acids is 1. The molecule has 0 saturated carbocycles. The van der Waals surface area contributed by atoms with Crippen LogP contribution in [0.2, 0.25) is 0 Å². The topological polar surface area (TPSA) is 56.2 Å². The van der Waals surface area contributed by atoms with Gasteiger partial charge in [0, 0.05) is 16.2 Å². The minimum absolute atomic E-state index is 0.182. The van der Waals surface area contributed by atoms with Gasteiger partial charge >= 0.3 is 0 Å². The predicted octanol–water partition coefficient (Wildman–Crippen LogP) is 5.53. The van der Waals surface area contributed by atoms with Gasteiger partial charge in [-0.1, -0.05) is 64.5 Å². The molecule has 5 nitrogen and oxygen atoms in total. The lowest BCUT2D eigenvalue weighted by Crippen LogP contribution is -2.12. The third kappa shape index (κ3) is 5.36. The van der Waals surface area contributed by atoms with Gasteiger partial charge in [0.2, 0.25) is 0 Å². The SMILES string of the molecule is O=C(Nc1cnn(Cc2ccccc2)c1)c1cccc(COc2cccc(Br)c2)c1. The third-order valence-electron chi connectivity index (χ3n) is 4.47. The summed E-state index contributed by atoms with van der Waals surface area (Å²) in [4.78, 5) is 12.7. The number of anilines is 1. The molecule has 150 valence electrons. The predicted molar refractivity (Wildman–Crippen MR) is 121 cm³/mol. The molecule has 4 rings (SSSR count). The van der Waals surface area contributed by atoms with Gasteiger partial charge < -0.3 is 10.1 Å². The lowest BCUT2D eigenvalue weighted by Gasteiger charge is -2.08. The maximum Gasteiger partial charge on any atom is 0.255 e. The van der Waals surface area contributed by atoms with Crippen LogP contribution in [0.15, 0.2) is 95.7 Å². The highest BCUT2D eigenvalue weighted by molar-refractivity contribution is 9.10. The summed E-state index contributed by atoms with van der Waals surface area (Å²) in [6.45, 7) is 1.03. The van der Waals surface area contributed by atoms with Gasteiger partial charge in [-0.15, -0.1) is 0 Å². The number of hydrogen-bond acceptors (Lipinski definition) is 3. The second-order valence-corrected chi connectivity index (χ2v) is 7.73. The summed E-state index contributed by atoms with van der Waals surface area (Å²) >= 11 is 3.43. The number of nitrogens with one attached hydrogen (secondary N) is 1. The molecule has 1 amide bonds. The zero-order valence-corrected chi connectivity index (χ0v) is 17.7. The zero-order valence-electron chi connectivity index (χ0n) is 16.2. The summed E-state index contributed by atoms with van der Waals surface area (Å²) in [6.07, 6.45) is 3.48. The molecular weight excluding hydrogens is 442 g/mol. The van der Waals surface area contributed by atoms with E-state index in [1.807, 2.05) is 79.0 Å². The zero-order chi connectivity index (χ0) is 20.8. The van der Waals surface area contributed by atoms with Gasteiger partial charge in [-0.05, 0) is 41.5 Å². The number of nitrogens with zero attached hydrogens (tertiary/aromatic N) is 2. The number of amides is 1. The van der Waals surface area contributed by atoms with Crippen LogP contribution in [0.25, 0.3) is 0 Å².